The van der Waals surface area contributed by atoms with E-state index in [1.54, 1.807) is 11.3 Å². The predicted octanol–water partition coefficient (Wildman–Crippen LogP) is 4.09. The Hall–Kier alpha value is -0.480. The van der Waals surface area contributed by atoms with Crippen molar-refractivity contribution in [1.82, 2.24) is 5.32 Å². The Labute approximate surface area is 112 Å². The number of hydrogen-bond donors (Lipinski definition) is 1. The lowest BCUT2D eigenvalue weighted by Gasteiger charge is -2.21. The summed E-state index contributed by atoms with van der Waals surface area (Å²) >= 11 is 1.75. The van der Waals surface area contributed by atoms with Crippen LogP contribution in [0.5, 0.6) is 0 Å². The molecule has 0 aromatic carbocycles. The smallest absolute Gasteiger partial charge is 0.248 e. The molecule has 102 valence electrons. The number of halogens is 2. The first-order valence-corrected chi connectivity index (χ1v) is 7.60. The first-order valence-electron chi connectivity index (χ1n) is 6.72. The number of likely N-dealkylation sites (N-methyl/N-ethyl adjacent to an activating group) is 1. The summed E-state index contributed by atoms with van der Waals surface area (Å²) in [6.07, 6.45) is 2.68. The van der Waals surface area contributed by atoms with Crippen molar-refractivity contribution in [3.63, 3.8) is 0 Å². The molecule has 1 saturated carbocycles. The van der Waals surface area contributed by atoms with Gasteiger partial charge in [0, 0.05) is 23.8 Å². The van der Waals surface area contributed by atoms with Crippen molar-refractivity contribution >= 4 is 11.3 Å². The molecule has 0 amide bonds. The van der Waals surface area contributed by atoms with Gasteiger partial charge in [0.1, 0.15) is 0 Å². The van der Waals surface area contributed by atoms with Gasteiger partial charge in [0.2, 0.25) is 5.92 Å². The normalized spacial score (nSPS) is 24.3. The third-order valence-corrected chi connectivity index (χ3v) is 4.54. The molecule has 2 unspecified atom stereocenters. The lowest BCUT2D eigenvalue weighted by Crippen LogP contribution is -2.32. The molecule has 1 aromatic heterocycles. The third-order valence-electron chi connectivity index (χ3n) is 3.64. The highest BCUT2D eigenvalue weighted by atomic mass is 32.1. The van der Waals surface area contributed by atoms with Crippen LogP contribution in [0.4, 0.5) is 8.78 Å². The summed E-state index contributed by atoms with van der Waals surface area (Å²) in [5.41, 5.74) is 0. The van der Waals surface area contributed by atoms with Gasteiger partial charge in [-0.25, -0.2) is 8.78 Å². The van der Waals surface area contributed by atoms with Crippen LogP contribution in [0.25, 0.3) is 0 Å². The van der Waals surface area contributed by atoms with Crippen LogP contribution in [0.1, 0.15) is 37.5 Å². The molecule has 18 heavy (non-hydrogen) atoms. The van der Waals surface area contributed by atoms with Gasteiger partial charge >= 0.3 is 0 Å². The SMILES string of the molecule is CCNC(Cc1cccs1)CC1CCC(F)(F)C1. The molecule has 1 aromatic rings. The molecular weight excluding hydrogens is 252 g/mol. The van der Waals surface area contributed by atoms with Gasteiger partial charge in [0.15, 0.2) is 0 Å². The van der Waals surface area contributed by atoms with E-state index in [-0.39, 0.29) is 18.8 Å². The summed E-state index contributed by atoms with van der Waals surface area (Å²) in [5.74, 6) is -2.23. The Kier molecular flexibility index (Phi) is 4.73. The van der Waals surface area contributed by atoms with Crippen LogP contribution in [0.3, 0.4) is 0 Å². The second-order valence-electron chi connectivity index (χ2n) is 5.24. The van der Waals surface area contributed by atoms with Gasteiger partial charge in [-0.3, -0.25) is 0 Å². The molecule has 1 nitrogen and oxygen atoms in total. The number of alkyl halides is 2. The van der Waals surface area contributed by atoms with E-state index in [9.17, 15) is 8.78 Å². The molecule has 0 saturated heterocycles. The number of hydrogen-bond acceptors (Lipinski definition) is 2. The molecule has 0 bridgehead atoms. The molecule has 4 heteroatoms. The number of thiophene rings is 1. The Balaban J connectivity index is 1.86. The third kappa shape index (κ3) is 4.02. The van der Waals surface area contributed by atoms with Crippen molar-refractivity contribution < 1.29 is 8.78 Å². The lowest BCUT2D eigenvalue weighted by molar-refractivity contribution is 0.00434. The molecule has 0 radical (unpaired) electrons. The molecule has 1 fully saturated rings. The first kappa shape index (κ1) is 13.9. The minimum atomic E-state index is -2.41. The highest BCUT2D eigenvalue weighted by Gasteiger charge is 2.39. The maximum absolute atomic E-state index is 13.2. The lowest BCUT2D eigenvalue weighted by atomic mass is 9.96. The van der Waals surface area contributed by atoms with Gasteiger partial charge < -0.3 is 5.32 Å². The van der Waals surface area contributed by atoms with Crippen LogP contribution in [0.2, 0.25) is 0 Å². The maximum atomic E-state index is 13.2. The van der Waals surface area contributed by atoms with Crippen LogP contribution in [0.15, 0.2) is 17.5 Å². The Morgan fingerprint density at radius 3 is 2.94 bits per heavy atom. The minimum absolute atomic E-state index is 0.0789. The molecule has 0 aliphatic heterocycles. The fourth-order valence-electron chi connectivity index (χ4n) is 2.84. The highest BCUT2D eigenvalue weighted by molar-refractivity contribution is 7.09. The Morgan fingerprint density at radius 1 is 1.56 bits per heavy atom. The predicted molar refractivity (Wildman–Crippen MR) is 72.4 cm³/mol. The monoisotopic (exact) mass is 273 g/mol. The van der Waals surface area contributed by atoms with Crippen molar-refractivity contribution in [3.8, 4) is 0 Å². The van der Waals surface area contributed by atoms with Crippen LogP contribution >= 0.6 is 11.3 Å². The fourth-order valence-corrected chi connectivity index (χ4v) is 3.63. The zero-order chi connectivity index (χ0) is 13.0. The zero-order valence-corrected chi connectivity index (χ0v) is 11.6. The minimum Gasteiger partial charge on any atom is -0.314 e. The van der Waals surface area contributed by atoms with Crippen LogP contribution in [0, 0.1) is 5.92 Å². The van der Waals surface area contributed by atoms with E-state index in [0.717, 1.165) is 19.4 Å². The van der Waals surface area contributed by atoms with E-state index >= 15 is 0 Å². The van der Waals surface area contributed by atoms with E-state index in [1.807, 2.05) is 6.07 Å². The van der Waals surface area contributed by atoms with Crippen molar-refractivity contribution in [2.24, 2.45) is 5.92 Å². The van der Waals surface area contributed by atoms with Crippen molar-refractivity contribution in [1.29, 1.82) is 0 Å². The molecule has 1 heterocycles. The molecule has 1 N–H and O–H groups in total. The van der Waals surface area contributed by atoms with Gasteiger partial charge in [0.25, 0.3) is 0 Å². The standard InChI is InChI=1S/C14H21F2NS/c1-2-17-12(9-13-4-3-7-18-13)8-11-5-6-14(15,16)10-11/h3-4,7,11-12,17H,2,5-6,8-10H2,1H3. The quantitative estimate of drug-likeness (QED) is 0.823. The number of rotatable bonds is 6. The molecule has 1 aliphatic carbocycles. The molecule has 1 aliphatic rings. The van der Waals surface area contributed by atoms with Crippen LogP contribution in [-0.2, 0) is 6.42 Å². The first-order chi connectivity index (χ1) is 8.59. The van der Waals surface area contributed by atoms with Gasteiger partial charge in [-0.1, -0.05) is 13.0 Å². The van der Waals surface area contributed by atoms with E-state index in [0.29, 0.717) is 12.5 Å². The summed E-state index contributed by atoms with van der Waals surface area (Å²) in [4.78, 5) is 1.34. The average molecular weight is 273 g/mol. The van der Waals surface area contributed by atoms with Gasteiger partial charge in [-0.15, -0.1) is 11.3 Å². The second-order valence-corrected chi connectivity index (χ2v) is 6.27. The number of nitrogens with one attached hydrogen (secondary N) is 1. The summed E-state index contributed by atoms with van der Waals surface area (Å²) < 4.78 is 26.4. The average Bonchev–Trinajstić information content (AvgIpc) is 2.89. The molecule has 2 rings (SSSR count). The van der Waals surface area contributed by atoms with Crippen LogP contribution < -0.4 is 5.32 Å². The van der Waals surface area contributed by atoms with Crippen LogP contribution in [-0.4, -0.2) is 18.5 Å². The summed E-state index contributed by atoms with van der Waals surface area (Å²) in [6, 6.07) is 4.51. The summed E-state index contributed by atoms with van der Waals surface area (Å²) in [5, 5.41) is 5.51. The van der Waals surface area contributed by atoms with Crippen molar-refractivity contribution in [2.45, 2.75) is 51.0 Å². The zero-order valence-electron chi connectivity index (χ0n) is 10.8. The van der Waals surface area contributed by atoms with Crippen molar-refractivity contribution in [3.05, 3.63) is 22.4 Å². The van der Waals surface area contributed by atoms with E-state index < -0.39 is 5.92 Å². The summed E-state index contributed by atoms with van der Waals surface area (Å²) in [6.45, 7) is 2.98. The van der Waals surface area contributed by atoms with E-state index in [2.05, 4.69) is 23.7 Å². The topological polar surface area (TPSA) is 12.0 Å². The molecule has 0 spiro atoms. The van der Waals surface area contributed by atoms with E-state index in [1.165, 1.54) is 4.88 Å². The van der Waals surface area contributed by atoms with Gasteiger partial charge in [0.05, 0.1) is 0 Å². The maximum Gasteiger partial charge on any atom is 0.248 e. The summed E-state index contributed by atoms with van der Waals surface area (Å²) in [7, 11) is 0. The Morgan fingerprint density at radius 2 is 2.39 bits per heavy atom. The Bertz CT molecular complexity index is 351. The molecule has 2 atom stereocenters. The van der Waals surface area contributed by atoms with Gasteiger partial charge in [-0.05, 0) is 43.2 Å². The second kappa shape index (κ2) is 6.11. The highest BCUT2D eigenvalue weighted by Crippen LogP contribution is 2.41. The van der Waals surface area contributed by atoms with Gasteiger partial charge in [-0.2, -0.15) is 0 Å². The fraction of sp³-hybridized carbons (Fsp3) is 0.714. The van der Waals surface area contributed by atoms with E-state index in [4.69, 9.17) is 0 Å². The van der Waals surface area contributed by atoms with Crippen molar-refractivity contribution in [2.75, 3.05) is 6.54 Å². The molecular formula is C14H21F2NS. The largest absolute Gasteiger partial charge is 0.314 e.